The van der Waals surface area contributed by atoms with Crippen LogP contribution in [0.5, 0.6) is 0 Å². The number of benzene rings is 2. The predicted octanol–water partition coefficient (Wildman–Crippen LogP) is 2.59. The summed E-state index contributed by atoms with van der Waals surface area (Å²) < 4.78 is 0. The van der Waals surface area contributed by atoms with Gasteiger partial charge in [-0.2, -0.15) is 0 Å². The predicted molar refractivity (Wildman–Crippen MR) is 108 cm³/mol. The molecule has 8 heteroatoms. The van der Waals surface area contributed by atoms with Crippen molar-refractivity contribution >= 4 is 34.7 Å². The van der Waals surface area contributed by atoms with E-state index in [0.717, 1.165) is 16.3 Å². The number of nitrogens with two attached hydrogens (primary N) is 1. The summed E-state index contributed by atoms with van der Waals surface area (Å²) in [5, 5.41) is 8.04. The van der Waals surface area contributed by atoms with Crippen molar-refractivity contribution in [3.63, 3.8) is 0 Å². The molecule has 1 aromatic heterocycles. The number of anilines is 1. The zero-order valence-electron chi connectivity index (χ0n) is 15.1. The summed E-state index contributed by atoms with van der Waals surface area (Å²) in [6.07, 6.45) is 0. The third-order valence-electron chi connectivity index (χ3n) is 3.82. The van der Waals surface area contributed by atoms with Crippen LogP contribution in [0.3, 0.4) is 0 Å². The Balaban J connectivity index is 1.68. The third-order valence-corrected chi connectivity index (χ3v) is 4.83. The van der Waals surface area contributed by atoms with Crippen molar-refractivity contribution < 1.29 is 14.4 Å². The highest BCUT2D eigenvalue weighted by Crippen LogP contribution is 2.24. The van der Waals surface area contributed by atoms with Crippen LogP contribution in [0.25, 0.3) is 10.6 Å². The molecule has 0 bridgehead atoms. The van der Waals surface area contributed by atoms with Gasteiger partial charge in [-0.05, 0) is 37.3 Å². The van der Waals surface area contributed by atoms with Crippen molar-refractivity contribution in [1.29, 1.82) is 0 Å². The zero-order valence-corrected chi connectivity index (χ0v) is 15.9. The molecular weight excluding hydrogens is 376 g/mol. The number of amides is 3. The summed E-state index contributed by atoms with van der Waals surface area (Å²) in [4.78, 5) is 39.7. The molecule has 0 aliphatic rings. The van der Waals surface area contributed by atoms with E-state index < -0.39 is 11.8 Å². The summed E-state index contributed by atoms with van der Waals surface area (Å²) in [5.74, 6) is -1.37. The number of nitrogens with zero attached hydrogens (tertiary/aromatic N) is 1. The lowest BCUT2D eigenvalue weighted by atomic mass is 10.1. The smallest absolute Gasteiger partial charge is 0.255 e. The molecule has 7 nitrogen and oxygen atoms in total. The first-order valence-corrected chi connectivity index (χ1v) is 9.31. The fraction of sp³-hybridized carbons (Fsp3) is 0.100. The number of carbonyl (C=O) groups excluding carboxylic acids is 3. The largest absolute Gasteiger partial charge is 0.368 e. The second kappa shape index (κ2) is 8.45. The molecule has 142 valence electrons. The van der Waals surface area contributed by atoms with Crippen LogP contribution < -0.4 is 16.4 Å². The van der Waals surface area contributed by atoms with Gasteiger partial charge in [-0.1, -0.05) is 18.2 Å². The number of aromatic nitrogens is 1. The highest BCUT2D eigenvalue weighted by Gasteiger charge is 2.11. The number of hydrogen-bond donors (Lipinski definition) is 3. The Morgan fingerprint density at radius 1 is 1.04 bits per heavy atom. The molecule has 0 aliphatic heterocycles. The Morgan fingerprint density at radius 3 is 2.43 bits per heavy atom. The maximum Gasteiger partial charge on any atom is 0.255 e. The van der Waals surface area contributed by atoms with Crippen LogP contribution in [-0.4, -0.2) is 29.3 Å². The quantitative estimate of drug-likeness (QED) is 0.596. The van der Waals surface area contributed by atoms with Gasteiger partial charge in [-0.25, -0.2) is 4.98 Å². The number of primary amides is 1. The minimum atomic E-state index is -0.630. The van der Waals surface area contributed by atoms with E-state index in [9.17, 15) is 14.4 Å². The molecule has 3 aromatic rings. The van der Waals surface area contributed by atoms with Crippen LogP contribution in [0.15, 0.2) is 53.9 Å². The summed E-state index contributed by atoms with van der Waals surface area (Å²) in [7, 11) is 0. The molecule has 0 aliphatic carbocycles. The zero-order chi connectivity index (χ0) is 20.1. The molecule has 3 amide bonds. The Morgan fingerprint density at radius 2 is 1.79 bits per heavy atom. The van der Waals surface area contributed by atoms with Gasteiger partial charge in [0.25, 0.3) is 11.8 Å². The summed E-state index contributed by atoms with van der Waals surface area (Å²) in [5.41, 5.74) is 8.19. The van der Waals surface area contributed by atoms with Crippen molar-refractivity contribution in [3.05, 3.63) is 70.7 Å². The van der Waals surface area contributed by atoms with Crippen LogP contribution in [0, 0.1) is 6.92 Å². The Labute approximate surface area is 165 Å². The second-order valence-electron chi connectivity index (χ2n) is 6.06. The highest BCUT2D eigenvalue weighted by molar-refractivity contribution is 7.13. The van der Waals surface area contributed by atoms with Gasteiger partial charge >= 0.3 is 0 Å². The molecule has 0 fully saturated rings. The van der Waals surface area contributed by atoms with E-state index in [1.807, 2.05) is 24.4 Å². The van der Waals surface area contributed by atoms with E-state index in [4.69, 9.17) is 5.73 Å². The minimum absolute atomic E-state index is 0.250. The molecule has 0 atom stereocenters. The van der Waals surface area contributed by atoms with Gasteiger partial charge in [0.2, 0.25) is 5.91 Å². The summed E-state index contributed by atoms with van der Waals surface area (Å²) in [6, 6.07) is 13.6. The van der Waals surface area contributed by atoms with Gasteiger partial charge in [0.1, 0.15) is 5.01 Å². The van der Waals surface area contributed by atoms with Crippen LogP contribution >= 0.6 is 11.3 Å². The number of aryl methyl sites for hydroxylation is 1. The lowest BCUT2D eigenvalue weighted by Gasteiger charge is -2.08. The van der Waals surface area contributed by atoms with Crippen LogP contribution in [0.1, 0.15) is 26.4 Å². The molecular formula is C20H18N4O3S. The molecule has 0 spiro atoms. The van der Waals surface area contributed by atoms with Gasteiger partial charge in [0.15, 0.2) is 0 Å². The summed E-state index contributed by atoms with van der Waals surface area (Å²) in [6.45, 7) is 1.69. The van der Waals surface area contributed by atoms with Gasteiger partial charge in [-0.15, -0.1) is 11.3 Å². The van der Waals surface area contributed by atoms with E-state index in [1.165, 1.54) is 6.07 Å². The topological polar surface area (TPSA) is 114 Å². The van der Waals surface area contributed by atoms with E-state index in [0.29, 0.717) is 16.8 Å². The first-order chi connectivity index (χ1) is 13.4. The Bertz CT molecular complexity index is 1030. The molecule has 28 heavy (non-hydrogen) atoms. The van der Waals surface area contributed by atoms with E-state index in [2.05, 4.69) is 15.6 Å². The Hall–Kier alpha value is -3.52. The van der Waals surface area contributed by atoms with Gasteiger partial charge in [-0.3, -0.25) is 14.4 Å². The fourth-order valence-corrected chi connectivity index (χ4v) is 3.27. The van der Waals surface area contributed by atoms with Crippen molar-refractivity contribution in [2.75, 3.05) is 11.9 Å². The fourth-order valence-electron chi connectivity index (χ4n) is 2.46. The van der Waals surface area contributed by atoms with Crippen molar-refractivity contribution in [2.24, 2.45) is 5.73 Å². The molecule has 3 rings (SSSR count). The van der Waals surface area contributed by atoms with Crippen molar-refractivity contribution in [1.82, 2.24) is 10.3 Å². The normalized spacial score (nSPS) is 10.3. The standard InChI is InChI=1S/C20H18N4O3S/c1-12-11-28-20(23-12)14-7-5-13(6-8-14)19(27)24-16-4-2-3-15(9-16)18(26)22-10-17(21)25/h2-9,11H,10H2,1H3,(H2,21,25)(H,22,26)(H,24,27). The van der Waals surface area contributed by atoms with Crippen LogP contribution in [0.4, 0.5) is 5.69 Å². The molecule has 0 unspecified atom stereocenters. The third kappa shape index (κ3) is 4.80. The molecule has 2 aromatic carbocycles. The lowest BCUT2D eigenvalue weighted by Crippen LogP contribution is -2.33. The van der Waals surface area contributed by atoms with Crippen molar-refractivity contribution in [3.8, 4) is 10.6 Å². The first-order valence-electron chi connectivity index (χ1n) is 8.43. The van der Waals surface area contributed by atoms with Gasteiger partial charge in [0, 0.05) is 33.5 Å². The molecule has 0 saturated carbocycles. The van der Waals surface area contributed by atoms with E-state index in [1.54, 1.807) is 41.7 Å². The Kier molecular flexibility index (Phi) is 5.81. The number of hydrogen-bond acceptors (Lipinski definition) is 5. The lowest BCUT2D eigenvalue weighted by molar-refractivity contribution is -0.117. The average molecular weight is 394 g/mol. The SMILES string of the molecule is Cc1csc(-c2ccc(C(=O)Nc3cccc(C(=O)NCC(N)=O)c3)cc2)n1. The highest BCUT2D eigenvalue weighted by atomic mass is 32.1. The molecule has 1 heterocycles. The first kappa shape index (κ1) is 19.2. The number of carbonyl (C=O) groups is 3. The average Bonchev–Trinajstić information content (AvgIpc) is 3.12. The maximum absolute atomic E-state index is 12.5. The monoisotopic (exact) mass is 394 g/mol. The number of rotatable bonds is 6. The van der Waals surface area contributed by atoms with E-state index in [-0.39, 0.29) is 12.5 Å². The number of nitrogens with one attached hydrogen (secondary N) is 2. The van der Waals surface area contributed by atoms with Crippen molar-refractivity contribution in [2.45, 2.75) is 6.92 Å². The minimum Gasteiger partial charge on any atom is -0.368 e. The van der Waals surface area contributed by atoms with Crippen LogP contribution in [0.2, 0.25) is 0 Å². The van der Waals surface area contributed by atoms with Crippen LogP contribution in [-0.2, 0) is 4.79 Å². The van der Waals surface area contributed by atoms with Gasteiger partial charge in [0.05, 0.1) is 6.54 Å². The van der Waals surface area contributed by atoms with E-state index >= 15 is 0 Å². The molecule has 0 saturated heterocycles. The molecule has 0 radical (unpaired) electrons. The number of thiazole rings is 1. The second-order valence-corrected chi connectivity index (χ2v) is 6.91. The maximum atomic E-state index is 12.5. The van der Waals surface area contributed by atoms with Gasteiger partial charge < -0.3 is 16.4 Å². The summed E-state index contributed by atoms with van der Waals surface area (Å²) >= 11 is 1.55. The molecule has 4 N–H and O–H groups in total.